The Bertz CT molecular complexity index is 1610. The Morgan fingerprint density at radius 2 is 1.36 bits per heavy atom. The second-order valence-electron chi connectivity index (χ2n) is 11.1. The van der Waals surface area contributed by atoms with E-state index < -0.39 is 69.6 Å². The fourth-order valence-electron chi connectivity index (χ4n) is 6.02. The van der Waals surface area contributed by atoms with Crippen molar-refractivity contribution >= 4 is 34.2 Å². The molecule has 1 amide bonds. The SMILES string of the molecule is O=C(C1CCCN1S(=O)(=O)c1c(F)c(F)c(F)c(F)c1F)N(Cc1ccc(C2CCCCC2)cc1)c1ccc(B(O)O)cc1. The number of anilines is 1. The van der Waals surface area contributed by atoms with Crippen molar-refractivity contribution in [3.8, 4) is 0 Å². The molecule has 0 radical (unpaired) electrons. The number of hydrogen-bond acceptors (Lipinski definition) is 5. The van der Waals surface area contributed by atoms with E-state index in [0.717, 1.165) is 25.7 Å². The molecule has 44 heavy (non-hydrogen) atoms. The number of carbonyl (C=O) groups excluding carboxylic acids is 1. The third-order valence-corrected chi connectivity index (χ3v) is 10.3. The lowest BCUT2D eigenvalue weighted by atomic mass is 9.80. The number of halogens is 5. The predicted molar refractivity (Wildman–Crippen MR) is 153 cm³/mol. The summed E-state index contributed by atoms with van der Waals surface area (Å²) in [6.07, 6.45) is 5.70. The first-order valence-corrected chi connectivity index (χ1v) is 15.8. The van der Waals surface area contributed by atoms with Crippen molar-refractivity contribution in [2.75, 3.05) is 11.4 Å². The molecule has 0 spiro atoms. The highest BCUT2D eigenvalue weighted by molar-refractivity contribution is 7.89. The Balaban J connectivity index is 1.49. The van der Waals surface area contributed by atoms with Crippen LogP contribution in [0.5, 0.6) is 0 Å². The van der Waals surface area contributed by atoms with Crippen LogP contribution in [-0.2, 0) is 21.4 Å². The van der Waals surface area contributed by atoms with E-state index in [-0.39, 0.29) is 30.5 Å². The molecule has 1 heterocycles. The van der Waals surface area contributed by atoms with Crippen molar-refractivity contribution in [1.29, 1.82) is 0 Å². The van der Waals surface area contributed by atoms with Crippen molar-refractivity contribution in [3.63, 3.8) is 0 Å². The molecule has 1 saturated heterocycles. The number of rotatable bonds is 8. The van der Waals surface area contributed by atoms with Crippen LogP contribution in [0.2, 0.25) is 0 Å². The summed E-state index contributed by atoms with van der Waals surface area (Å²) in [6, 6.07) is 11.8. The highest BCUT2D eigenvalue weighted by Crippen LogP contribution is 2.35. The first-order chi connectivity index (χ1) is 20.9. The summed E-state index contributed by atoms with van der Waals surface area (Å²) in [4.78, 5) is 13.3. The van der Waals surface area contributed by atoms with Gasteiger partial charge in [0.1, 0.15) is 6.04 Å². The number of sulfonamides is 1. The van der Waals surface area contributed by atoms with E-state index in [1.807, 2.05) is 24.3 Å². The van der Waals surface area contributed by atoms with Gasteiger partial charge in [0.15, 0.2) is 28.2 Å². The first kappa shape index (κ1) is 32.1. The molecule has 1 unspecified atom stereocenters. The fourth-order valence-corrected chi connectivity index (χ4v) is 7.79. The Labute approximate surface area is 252 Å². The Morgan fingerprint density at radius 1 is 0.795 bits per heavy atom. The first-order valence-electron chi connectivity index (χ1n) is 14.3. The summed E-state index contributed by atoms with van der Waals surface area (Å²) >= 11 is 0. The highest BCUT2D eigenvalue weighted by atomic mass is 32.2. The number of benzene rings is 3. The van der Waals surface area contributed by atoms with Gasteiger partial charge in [0.2, 0.25) is 21.7 Å². The topological polar surface area (TPSA) is 98.2 Å². The normalized spacial score (nSPS) is 18.0. The van der Waals surface area contributed by atoms with Crippen molar-refractivity contribution < 1.29 is 45.2 Å². The molecular formula is C30H30BF5N2O5S. The minimum atomic E-state index is -5.36. The molecule has 2 fully saturated rings. The van der Waals surface area contributed by atoms with Gasteiger partial charge in [-0.1, -0.05) is 55.7 Å². The maximum Gasteiger partial charge on any atom is 0.488 e. The van der Waals surface area contributed by atoms with Crippen LogP contribution in [0.15, 0.2) is 53.4 Å². The van der Waals surface area contributed by atoms with Gasteiger partial charge in [-0.2, -0.15) is 4.31 Å². The summed E-state index contributed by atoms with van der Waals surface area (Å²) in [5.41, 5.74) is 2.26. The van der Waals surface area contributed by atoms with Gasteiger partial charge >= 0.3 is 7.12 Å². The summed E-state index contributed by atoms with van der Waals surface area (Å²) in [7, 11) is -7.14. The molecule has 2 N–H and O–H groups in total. The highest BCUT2D eigenvalue weighted by Gasteiger charge is 2.45. The molecule has 3 aromatic carbocycles. The van der Waals surface area contributed by atoms with Crippen molar-refractivity contribution in [2.45, 2.75) is 68.3 Å². The van der Waals surface area contributed by atoms with Crippen LogP contribution >= 0.6 is 0 Å². The zero-order valence-corrected chi connectivity index (χ0v) is 24.3. The molecule has 2 aliphatic rings. The molecule has 1 atom stereocenters. The molecule has 0 bridgehead atoms. The molecule has 234 valence electrons. The fraction of sp³-hybridized carbons (Fsp3) is 0.367. The van der Waals surface area contributed by atoms with E-state index in [1.165, 1.54) is 41.1 Å². The molecule has 1 aliphatic heterocycles. The van der Waals surface area contributed by atoms with Crippen LogP contribution in [-0.4, -0.2) is 48.4 Å². The van der Waals surface area contributed by atoms with E-state index in [2.05, 4.69) is 0 Å². The smallest absolute Gasteiger partial charge is 0.423 e. The lowest BCUT2D eigenvalue weighted by molar-refractivity contribution is -0.121. The second kappa shape index (κ2) is 13.0. The van der Waals surface area contributed by atoms with Crippen molar-refractivity contribution in [1.82, 2.24) is 4.31 Å². The lowest BCUT2D eigenvalue weighted by Crippen LogP contribution is -2.48. The third kappa shape index (κ3) is 6.12. The second-order valence-corrected chi connectivity index (χ2v) is 13.0. The number of nitrogens with zero attached hydrogens (tertiary/aromatic N) is 2. The molecule has 14 heteroatoms. The molecule has 3 aromatic rings. The largest absolute Gasteiger partial charge is 0.488 e. The van der Waals surface area contributed by atoms with E-state index in [9.17, 15) is 45.2 Å². The van der Waals surface area contributed by atoms with Gasteiger partial charge in [-0.3, -0.25) is 4.79 Å². The van der Waals surface area contributed by atoms with Crippen LogP contribution in [0, 0.1) is 29.1 Å². The minimum Gasteiger partial charge on any atom is -0.423 e. The van der Waals surface area contributed by atoms with Gasteiger partial charge in [0, 0.05) is 12.2 Å². The molecule has 5 rings (SSSR count). The van der Waals surface area contributed by atoms with Crippen LogP contribution in [0.25, 0.3) is 0 Å². The zero-order chi connectivity index (χ0) is 31.8. The quantitative estimate of drug-likeness (QED) is 0.164. The van der Waals surface area contributed by atoms with Crippen LogP contribution in [0.1, 0.15) is 62.0 Å². The van der Waals surface area contributed by atoms with E-state index >= 15 is 0 Å². The zero-order valence-electron chi connectivity index (χ0n) is 23.5. The molecular weight excluding hydrogens is 606 g/mol. The number of amides is 1. The van der Waals surface area contributed by atoms with Crippen LogP contribution in [0.4, 0.5) is 27.6 Å². The van der Waals surface area contributed by atoms with E-state index in [4.69, 9.17) is 0 Å². The third-order valence-electron chi connectivity index (χ3n) is 8.39. The molecule has 0 aromatic heterocycles. The van der Waals surface area contributed by atoms with Gasteiger partial charge in [0.05, 0.1) is 6.54 Å². The summed E-state index contributed by atoms with van der Waals surface area (Å²) in [5, 5.41) is 19.0. The van der Waals surface area contributed by atoms with E-state index in [0.29, 0.717) is 15.8 Å². The Morgan fingerprint density at radius 3 is 1.93 bits per heavy atom. The summed E-state index contributed by atoms with van der Waals surface area (Å²) in [6.45, 7) is -0.435. The summed E-state index contributed by atoms with van der Waals surface area (Å²) < 4.78 is 98.0. The molecule has 1 aliphatic carbocycles. The van der Waals surface area contributed by atoms with Crippen molar-refractivity contribution in [2.24, 2.45) is 0 Å². The monoisotopic (exact) mass is 636 g/mol. The minimum absolute atomic E-state index is 0.0439. The van der Waals surface area contributed by atoms with Gasteiger partial charge in [-0.25, -0.2) is 30.4 Å². The maximum absolute atomic E-state index is 14.6. The molecule has 7 nitrogen and oxygen atoms in total. The Kier molecular flexibility index (Phi) is 9.45. The molecule has 1 saturated carbocycles. The van der Waals surface area contributed by atoms with E-state index in [1.54, 1.807) is 0 Å². The lowest BCUT2D eigenvalue weighted by Gasteiger charge is -2.30. The maximum atomic E-state index is 14.6. The average Bonchev–Trinajstić information content (AvgIpc) is 3.54. The summed E-state index contributed by atoms with van der Waals surface area (Å²) in [5.74, 6) is -12.7. The van der Waals surface area contributed by atoms with Gasteiger partial charge in [-0.05, 0) is 60.3 Å². The predicted octanol–water partition coefficient (Wildman–Crippen LogP) is 4.50. The van der Waals surface area contributed by atoms with Crippen molar-refractivity contribution in [3.05, 3.63) is 88.7 Å². The number of carbonyl (C=O) groups is 1. The average molecular weight is 636 g/mol. The van der Waals surface area contributed by atoms with Crippen LogP contribution in [0.3, 0.4) is 0 Å². The Hall–Kier alpha value is -3.33. The van der Waals surface area contributed by atoms with Gasteiger partial charge in [0.25, 0.3) is 0 Å². The van der Waals surface area contributed by atoms with Gasteiger partial charge in [-0.15, -0.1) is 0 Å². The van der Waals surface area contributed by atoms with Gasteiger partial charge < -0.3 is 14.9 Å². The van der Waals surface area contributed by atoms with Crippen LogP contribution < -0.4 is 10.4 Å². The number of hydrogen-bond donors (Lipinski definition) is 2. The standard InChI is InChI=1S/C30H30BF5N2O5S/c32-24-25(33)27(35)29(28(36)26(24)34)44(42,43)38-16-4-7-23(38)30(39)37(22-14-12-21(13-15-22)31(40)41)17-18-8-10-20(11-9-18)19-5-2-1-3-6-19/h8-15,19,23,40-41H,1-7,16-17H2.